The normalized spacial score (nSPS) is 12.9. The molecule has 3 aromatic heterocycles. The Kier molecular flexibility index (Phi) is 5.11. The minimum Gasteiger partial charge on any atom is -0.344 e. The molecule has 0 saturated carbocycles. The summed E-state index contributed by atoms with van der Waals surface area (Å²) in [6.45, 7) is 1.86. The molecule has 1 amide bonds. The Balaban J connectivity index is 1.56. The third-order valence-corrected chi connectivity index (χ3v) is 5.74. The van der Waals surface area contributed by atoms with Crippen molar-refractivity contribution in [3.05, 3.63) is 89.9 Å². The third kappa shape index (κ3) is 3.79. The molecule has 9 heteroatoms. The molecule has 5 rings (SSSR count). The van der Waals surface area contributed by atoms with Gasteiger partial charge in [0.15, 0.2) is 5.65 Å². The summed E-state index contributed by atoms with van der Waals surface area (Å²) in [4.78, 5) is 17.2. The minimum absolute atomic E-state index is 0.251. The van der Waals surface area contributed by atoms with Crippen molar-refractivity contribution in [1.82, 2.24) is 24.6 Å². The molecule has 0 spiro atoms. The third-order valence-electron chi connectivity index (χ3n) is 5.74. The fourth-order valence-corrected chi connectivity index (χ4v) is 4.08. The first-order chi connectivity index (χ1) is 16.2. The Hall–Kier alpha value is -4.14. The van der Waals surface area contributed by atoms with Gasteiger partial charge in [0.25, 0.3) is 5.91 Å². The summed E-state index contributed by atoms with van der Waals surface area (Å²) in [7, 11) is 1.77. The number of amides is 1. The molecule has 5 aromatic rings. The van der Waals surface area contributed by atoms with Crippen LogP contribution in [0, 0.1) is 0 Å². The number of benzene rings is 2. The van der Waals surface area contributed by atoms with Crippen LogP contribution in [-0.4, -0.2) is 25.2 Å². The molecule has 0 aliphatic carbocycles. The maximum absolute atomic E-state index is 13.0. The number of carbonyl (C=O) groups excluding carboxylic acids is 1. The van der Waals surface area contributed by atoms with Crippen LogP contribution in [0.25, 0.3) is 27.6 Å². The zero-order valence-electron chi connectivity index (χ0n) is 18.3. The Labute approximate surface area is 192 Å². The van der Waals surface area contributed by atoms with E-state index in [1.165, 1.54) is 12.1 Å². The lowest BCUT2D eigenvalue weighted by atomic mass is 10.1. The highest BCUT2D eigenvalue weighted by Gasteiger charge is 2.30. The van der Waals surface area contributed by atoms with Gasteiger partial charge in [-0.15, -0.1) is 0 Å². The molecule has 34 heavy (non-hydrogen) atoms. The Morgan fingerprint density at radius 1 is 1.03 bits per heavy atom. The molecular weight excluding hydrogens is 443 g/mol. The van der Waals surface area contributed by atoms with Crippen molar-refractivity contribution in [1.29, 1.82) is 0 Å². The topological polar surface area (TPSA) is 64.7 Å². The van der Waals surface area contributed by atoms with Gasteiger partial charge in [0.05, 0.1) is 22.8 Å². The lowest BCUT2D eigenvalue weighted by Gasteiger charge is -2.13. The van der Waals surface area contributed by atoms with E-state index in [-0.39, 0.29) is 11.9 Å². The number of alkyl halides is 3. The highest BCUT2D eigenvalue weighted by molar-refractivity contribution is 6.10. The molecule has 0 bridgehead atoms. The summed E-state index contributed by atoms with van der Waals surface area (Å²) in [5, 5.41) is 9.04. The molecule has 2 aromatic carbocycles. The summed E-state index contributed by atoms with van der Waals surface area (Å²) in [6.07, 6.45) is -0.907. The zero-order chi connectivity index (χ0) is 24.0. The van der Waals surface area contributed by atoms with Crippen molar-refractivity contribution >= 4 is 27.8 Å². The number of aromatic nitrogens is 4. The van der Waals surface area contributed by atoms with Crippen LogP contribution in [0.3, 0.4) is 0 Å². The van der Waals surface area contributed by atoms with Crippen LogP contribution in [-0.2, 0) is 13.2 Å². The fraction of sp³-hybridized carbons (Fsp3) is 0.160. The van der Waals surface area contributed by atoms with E-state index in [4.69, 9.17) is 0 Å². The van der Waals surface area contributed by atoms with Gasteiger partial charge in [-0.3, -0.25) is 19.0 Å². The number of nitrogens with one attached hydrogen (secondary N) is 1. The number of carbonyl (C=O) groups is 1. The lowest BCUT2D eigenvalue weighted by molar-refractivity contribution is -0.137. The van der Waals surface area contributed by atoms with Gasteiger partial charge < -0.3 is 5.32 Å². The summed E-state index contributed by atoms with van der Waals surface area (Å²) in [5.74, 6) is -0.251. The molecule has 6 nitrogen and oxygen atoms in total. The summed E-state index contributed by atoms with van der Waals surface area (Å²) in [6, 6.07) is 15.5. The largest absolute Gasteiger partial charge is 0.416 e. The number of pyridine rings is 1. The van der Waals surface area contributed by atoms with Crippen LogP contribution >= 0.6 is 0 Å². The Morgan fingerprint density at radius 3 is 2.47 bits per heavy atom. The smallest absolute Gasteiger partial charge is 0.344 e. The fourth-order valence-electron chi connectivity index (χ4n) is 4.08. The second-order valence-electron chi connectivity index (χ2n) is 8.10. The maximum Gasteiger partial charge on any atom is 0.416 e. The van der Waals surface area contributed by atoms with E-state index in [2.05, 4.69) is 15.4 Å². The van der Waals surface area contributed by atoms with E-state index in [1.807, 2.05) is 31.3 Å². The molecular formula is C25H20F3N5O. The molecule has 1 atom stereocenters. The van der Waals surface area contributed by atoms with E-state index in [0.717, 1.165) is 34.1 Å². The minimum atomic E-state index is -4.41. The monoisotopic (exact) mass is 463 g/mol. The number of nitrogens with zero attached hydrogens (tertiary/aromatic N) is 4. The van der Waals surface area contributed by atoms with Gasteiger partial charge >= 0.3 is 6.18 Å². The Morgan fingerprint density at radius 2 is 1.79 bits per heavy atom. The van der Waals surface area contributed by atoms with Gasteiger partial charge in [-0.1, -0.05) is 6.07 Å². The maximum atomic E-state index is 13.0. The molecule has 0 aliphatic rings. The van der Waals surface area contributed by atoms with Crippen LogP contribution < -0.4 is 5.32 Å². The molecule has 1 N–H and O–H groups in total. The number of aryl methyl sites for hydroxylation is 1. The number of fused-ring (bicyclic) bond motifs is 3. The second-order valence-corrected chi connectivity index (χ2v) is 8.10. The summed E-state index contributed by atoms with van der Waals surface area (Å²) >= 11 is 0. The number of rotatable bonds is 4. The number of hydrogen-bond donors (Lipinski definition) is 1. The zero-order valence-corrected chi connectivity index (χ0v) is 18.3. The van der Waals surface area contributed by atoms with Crippen LogP contribution in [0.2, 0.25) is 0 Å². The van der Waals surface area contributed by atoms with E-state index in [9.17, 15) is 18.0 Å². The highest BCUT2D eigenvalue weighted by Crippen LogP contribution is 2.34. The predicted molar refractivity (Wildman–Crippen MR) is 123 cm³/mol. The van der Waals surface area contributed by atoms with E-state index in [1.54, 1.807) is 40.7 Å². The van der Waals surface area contributed by atoms with Crippen LogP contribution in [0.4, 0.5) is 13.2 Å². The van der Waals surface area contributed by atoms with Gasteiger partial charge in [-0.25, -0.2) is 0 Å². The van der Waals surface area contributed by atoms with E-state index >= 15 is 0 Å². The molecule has 0 aliphatic heterocycles. The Bertz CT molecular complexity index is 1500. The van der Waals surface area contributed by atoms with Gasteiger partial charge in [0, 0.05) is 41.5 Å². The molecule has 0 fully saturated rings. The quantitative estimate of drug-likeness (QED) is 0.387. The van der Waals surface area contributed by atoms with Crippen molar-refractivity contribution in [3.63, 3.8) is 0 Å². The molecule has 0 unspecified atom stereocenters. The standard InChI is InChI=1S/C25H20F3N5O/c1-15(21-5-3-4-12-29-21)30-24(34)16-6-11-22-19(13-16)20-14-32(2)31-23(20)33(22)18-9-7-17(8-10-18)25(26,27)28/h3-15H,1-2H3,(H,30,34)/t15-/m1/s1. The van der Waals surface area contributed by atoms with E-state index < -0.39 is 11.7 Å². The van der Waals surface area contributed by atoms with Gasteiger partial charge in [-0.05, 0) is 61.5 Å². The van der Waals surface area contributed by atoms with Crippen molar-refractivity contribution in [2.45, 2.75) is 19.1 Å². The molecule has 3 heterocycles. The van der Waals surface area contributed by atoms with Crippen molar-refractivity contribution in [3.8, 4) is 5.69 Å². The van der Waals surface area contributed by atoms with Crippen LogP contribution in [0.15, 0.2) is 73.1 Å². The first-order valence-electron chi connectivity index (χ1n) is 10.6. The van der Waals surface area contributed by atoms with Crippen LogP contribution in [0.1, 0.15) is 34.6 Å². The van der Waals surface area contributed by atoms with Crippen molar-refractivity contribution in [2.24, 2.45) is 7.05 Å². The lowest BCUT2D eigenvalue weighted by Crippen LogP contribution is -2.27. The summed E-state index contributed by atoms with van der Waals surface area (Å²) in [5.41, 5.74) is 2.38. The average Bonchev–Trinajstić information content (AvgIpc) is 3.33. The van der Waals surface area contributed by atoms with Crippen molar-refractivity contribution in [2.75, 3.05) is 0 Å². The van der Waals surface area contributed by atoms with Gasteiger partial charge in [0.2, 0.25) is 0 Å². The van der Waals surface area contributed by atoms with E-state index in [0.29, 0.717) is 16.9 Å². The van der Waals surface area contributed by atoms with Gasteiger partial charge in [-0.2, -0.15) is 18.3 Å². The second kappa shape index (κ2) is 8.02. The predicted octanol–water partition coefficient (Wildman–Crippen LogP) is 5.42. The summed E-state index contributed by atoms with van der Waals surface area (Å²) < 4.78 is 42.5. The molecule has 0 saturated heterocycles. The van der Waals surface area contributed by atoms with Gasteiger partial charge in [0.1, 0.15) is 0 Å². The molecule has 0 radical (unpaired) electrons. The average molecular weight is 463 g/mol. The SMILES string of the molecule is C[C@@H](NC(=O)c1ccc2c(c1)c1cn(C)nc1n2-c1ccc(C(F)(F)F)cc1)c1ccccn1. The first-order valence-corrected chi connectivity index (χ1v) is 10.6. The van der Waals surface area contributed by atoms with Crippen LogP contribution in [0.5, 0.6) is 0 Å². The number of hydrogen-bond acceptors (Lipinski definition) is 3. The van der Waals surface area contributed by atoms with Crippen molar-refractivity contribution < 1.29 is 18.0 Å². The first kappa shape index (κ1) is 21.7. The molecule has 172 valence electrons. The number of halogens is 3. The highest BCUT2D eigenvalue weighted by atomic mass is 19.4.